The zero-order chi connectivity index (χ0) is 66.3. The van der Waals surface area contributed by atoms with Crippen molar-refractivity contribution in [2.75, 3.05) is 14.2 Å². The summed E-state index contributed by atoms with van der Waals surface area (Å²) < 4.78 is 13.8. The molecule has 0 amide bonds. The van der Waals surface area contributed by atoms with Crippen molar-refractivity contribution < 1.29 is 98.2 Å². The summed E-state index contributed by atoms with van der Waals surface area (Å²) in [5.41, 5.74) is 7.55. The van der Waals surface area contributed by atoms with E-state index >= 15 is 0 Å². The molecule has 0 aliphatic carbocycles. The minimum absolute atomic E-state index is 0. The number of esters is 4. The Kier molecular flexibility index (Phi) is 31.8. The van der Waals surface area contributed by atoms with Crippen LogP contribution in [-0.4, -0.2) is 109 Å². The lowest BCUT2D eigenvalue weighted by Crippen LogP contribution is -2.04. The van der Waals surface area contributed by atoms with Crippen LogP contribution in [0.25, 0.3) is 46.6 Å². The van der Waals surface area contributed by atoms with Crippen LogP contribution in [0.1, 0.15) is 99.5 Å². The maximum Gasteiger partial charge on any atom is 0.338 e. The van der Waals surface area contributed by atoms with Crippen LogP contribution in [0.3, 0.4) is 0 Å². The quantitative estimate of drug-likeness (QED) is 0.0111. The Hall–Kier alpha value is -12.5. The first-order valence-corrected chi connectivity index (χ1v) is 26.5. The zero-order valence-corrected chi connectivity index (χ0v) is 48.6. The van der Waals surface area contributed by atoms with Gasteiger partial charge in [0, 0.05) is 25.0 Å². The van der Waals surface area contributed by atoms with Crippen LogP contribution in [0.2, 0.25) is 0 Å². The molecular formula is C72H68O20. The smallest absolute Gasteiger partial charge is 0.338 e. The SMILES string of the molecule is C.C.CC(=O)OC(C)=O.COC(=O)/C(=C/c1ccc(/C=C(/C(=O)OC)c2ccc(O)cc2)cc1)c1ccc(O)cc1.O=C(O)/C(=C/c1ccc(/C=C(/C(=O)O)c2ccc(O)cc2)cc1)c1ccc(O)cc1.O=C(O)Cc1ccc(O)cc1.O=Cc1ccc(C=O)cc1. The van der Waals surface area contributed by atoms with Crippen molar-refractivity contribution in [2.24, 2.45) is 0 Å². The van der Waals surface area contributed by atoms with Crippen LogP contribution in [-0.2, 0) is 54.2 Å². The Bertz CT molecular complexity index is 3650. The topological polar surface area (TPSA) is 343 Å². The van der Waals surface area contributed by atoms with Crippen LogP contribution in [0, 0.1) is 0 Å². The van der Waals surface area contributed by atoms with Crippen molar-refractivity contribution in [1.29, 1.82) is 0 Å². The lowest BCUT2D eigenvalue weighted by molar-refractivity contribution is -0.156. The summed E-state index contributed by atoms with van der Waals surface area (Å²) in [5.74, 6) is -4.76. The molecule has 0 atom stereocenters. The van der Waals surface area contributed by atoms with Gasteiger partial charge in [-0.3, -0.25) is 24.0 Å². The van der Waals surface area contributed by atoms with Crippen molar-refractivity contribution in [3.8, 4) is 28.7 Å². The maximum atomic E-state index is 12.3. The van der Waals surface area contributed by atoms with Crippen molar-refractivity contribution in [3.63, 3.8) is 0 Å². The Morgan fingerprint density at radius 2 is 0.554 bits per heavy atom. The predicted octanol–water partition coefficient (Wildman–Crippen LogP) is 12.6. The molecule has 20 heteroatoms. The van der Waals surface area contributed by atoms with Crippen LogP contribution in [0.5, 0.6) is 28.7 Å². The average Bonchev–Trinajstić information content (AvgIpc) is 0.938. The number of carboxylic acids is 3. The normalized spacial score (nSPS) is 10.6. The summed E-state index contributed by atoms with van der Waals surface area (Å²) in [6.07, 6.45) is 7.86. The molecule has 0 saturated heterocycles. The molecule has 8 aromatic rings. The van der Waals surface area contributed by atoms with Gasteiger partial charge in [0.1, 0.15) is 41.3 Å². The number of hydrogen-bond acceptors (Lipinski definition) is 17. The van der Waals surface area contributed by atoms with Gasteiger partial charge in [-0.15, -0.1) is 0 Å². The minimum atomic E-state index is -1.11. The number of benzene rings is 8. The van der Waals surface area contributed by atoms with Crippen molar-refractivity contribution >= 4 is 101 Å². The highest BCUT2D eigenvalue weighted by Gasteiger charge is 2.16. The van der Waals surface area contributed by atoms with Crippen LogP contribution in [0.15, 0.2) is 194 Å². The molecule has 8 rings (SSSR count). The Morgan fingerprint density at radius 1 is 0.337 bits per heavy atom. The third-order valence-corrected chi connectivity index (χ3v) is 11.9. The monoisotopic (exact) mass is 1250 g/mol. The highest BCUT2D eigenvalue weighted by atomic mass is 16.6. The minimum Gasteiger partial charge on any atom is -0.508 e. The molecule has 0 radical (unpaired) electrons. The summed E-state index contributed by atoms with van der Waals surface area (Å²) in [4.78, 5) is 97.9. The summed E-state index contributed by atoms with van der Waals surface area (Å²) in [6, 6.07) is 50.8. The number of phenols is 5. The highest BCUT2D eigenvalue weighted by molar-refractivity contribution is 6.23. The first-order valence-electron chi connectivity index (χ1n) is 26.5. The number of ether oxygens (including phenoxy) is 3. The first kappa shape index (κ1) is 75.6. The van der Waals surface area contributed by atoms with E-state index in [1.165, 1.54) is 125 Å². The van der Waals surface area contributed by atoms with Gasteiger partial charge in [-0.25, -0.2) is 19.2 Å². The third kappa shape index (κ3) is 26.3. The molecule has 0 aliphatic heterocycles. The number of aromatic hydroxyl groups is 5. The molecule has 0 bridgehead atoms. The van der Waals surface area contributed by atoms with E-state index in [2.05, 4.69) is 4.74 Å². The molecule has 20 nitrogen and oxygen atoms in total. The van der Waals surface area contributed by atoms with E-state index in [0.29, 0.717) is 61.2 Å². The Labute approximate surface area is 530 Å². The van der Waals surface area contributed by atoms with Gasteiger partial charge < -0.3 is 55.1 Å². The molecule has 0 unspecified atom stereocenters. The number of carboxylic acid groups (broad SMARTS) is 3. The molecule has 8 aromatic carbocycles. The fourth-order valence-electron chi connectivity index (χ4n) is 7.53. The number of methoxy groups -OCH3 is 2. The number of hydrogen-bond donors (Lipinski definition) is 8. The second-order valence-electron chi connectivity index (χ2n) is 18.6. The molecule has 0 fully saturated rings. The van der Waals surface area contributed by atoms with Gasteiger partial charge in [-0.1, -0.05) is 148 Å². The van der Waals surface area contributed by atoms with E-state index in [1.54, 1.807) is 121 Å². The first-order chi connectivity index (χ1) is 42.9. The van der Waals surface area contributed by atoms with Gasteiger partial charge in [0.05, 0.1) is 42.9 Å². The van der Waals surface area contributed by atoms with E-state index in [4.69, 9.17) is 19.7 Å². The van der Waals surface area contributed by atoms with Crippen molar-refractivity contribution in [2.45, 2.75) is 35.1 Å². The average molecular weight is 1250 g/mol. The highest BCUT2D eigenvalue weighted by Crippen LogP contribution is 2.27. The molecule has 0 aromatic heterocycles. The summed E-state index contributed by atoms with van der Waals surface area (Å²) in [5, 5.41) is 74.0. The molecule has 92 heavy (non-hydrogen) atoms. The lowest BCUT2D eigenvalue weighted by Gasteiger charge is -2.08. The molecule has 0 saturated carbocycles. The maximum absolute atomic E-state index is 12.3. The van der Waals surface area contributed by atoms with E-state index in [0.717, 1.165) is 23.7 Å². The van der Waals surface area contributed by atoms with Gasteiger partial charge in [0.2, 0.25) is 0 Å². The molecule has 0 aliphatic rings. The Morgan fingerprint density at radius 3 is 0.750 bits per heavy atom. The van der Waals surface area contributed by atoms with Gasteiger partial charge in [-0.05, 0) is 135 Å². The van der Waals surface area contributed by atoms with E-state index in [1.807, 2.05) is 0 Å². The lowest BCUT2D eigenvalue weighted by atomic mass is 10.00. The number of rotatable bonds is 16. The number of aldehydes is 2. The predicted molar refractivity (Wildman–Crippen MR) is 349 cm³/mol. The van der Waals surface area contributed by atoms with Crippen LogP contribution < -0.4 is 0 Å². The molecule has 8 N–H and O–H groups in total. The summed E-state index contributed by atoms with van der Waals surface area (Å²) in [7, 11) is 2.62. The van der Waals surface area contributed by atoms with Crippen molar-refractivity contribution in [1.82, 2.24) is 0 Å². The second kappa shape index (κ2) is 38.7. The van der Waals surface area contributed by atoms with Gasteiger partial charge >= 0.3 is 41.8 Å². The standard InChI is InChI=1S/C26H22O6.C24H18O6.C8H8O3.C8H6O2.C4H6O3.2CH4/c1-31-25(29)23(19-7-11-21(27)12-8-19)15-17-3-5-18(6-4-17)16-24(26(30)32-2)20-9-13-22(28)14-10-20;25-19-9-5-17(6-10-19)21(23(27)28)13-15-1-2-16(4-3-15)14-22(24(29)30)18-7-11-20(26)12-8-18;9-7-3-1-6(2-4-7)5-8(10)11;9-5-7-1-2-8(6-10)4-3-7;1-3(5)7-4(2)6;;/h3-16,27-28H,1-2H3;1-14,25-26H,(H,27,28)(H,29,30);1-4,9H,5H2,(H,10,11);1-6H;1-2H3;2*1H4/b23-15+,24-16+;21-13+,22-14+;;;;;. The molecule has 0 spiro atoms. The van der Waals surface area contributed by atoms with Gasteiger partial charge in [-0.2, -0.15) is 0 Å². The number of carbonyl (C=O) groups is 9. The largest absolute Gasteiger partial charge is 0.508 e. The third-order valence-electron chi connectivity index (χ3n) is 11.9. The number of phenolic OH excluding ortho intramolecular Hbond substituents is 5. The number of carbonyl (C=O) groups excluding carboxylic acids is 6. The number of aliphatic carboxylic acids is 3. The van der Waals surface area contributed by atoms with Gasteiger partial charge in [0.25, 0.3) is 0 Å². The molecule has 0 heterocycles. The molecular weight excluding hydrogens is 1180 g/mol. The summed E-state index contributed by atoms with van der Waals surface area (Å²) >= 11 is 0. The fourth-order valence-corrected chi connectivity index (χ4v) is 7.53. The van der Waals surface area contributed by atoms with Crippen LogP contribution >= 0.6 is 0 Å². The molecule has 476 valence electrons. The van der Waals surface area contributed by atoms with E-state index in [-0.39, 0.29) is 61.2 Å². The van der Waals surface area contributed by atoms with E-state index in [9.17, 15) is 73.8 Å². The fraction of sp³-hybridized carbons (Fsp3) is 0.0972. The summed E-state index contributed by atoms with van der Waals surface area (Å²) in [6.45, 7) is 2.36. The van der Waals surface area contributed by atoms with Gasteiger partial charge in [0.15, 0.2) is 0 Å². The van der Waals surface area contributed by atoms with Crippen LogP contribution in [0.4, 0.5) is 0 Å². The zero-order valence-electron chi connectivity index (χ0n) is 48.6. The van der Waals surface area contributed by atoms with Crippen molar-refractivity contribution in [3.05, 3.63) is 255 Å². The second-order valence-corrected chi connectivity index (χ2v) is 18.6. The van der Waals surface area contributed by atoms with E-state index < -0.39 is 41.8 Å². The Balaban J connectivity index is 0.000000437.